The van der Waals surface area contributed by atoms with Crippen LogP contribution in [-0.2, 0) is 56.3 Å². The highest BCUT2D eigenvalue weighted by molar-refractivity contribution is 5.94. The minimum absolute atomic E-state index is 0.112. The predicted octanol–water partition coefficient (Wildman–Crippen LogP) is 6.44. The molecule has 4 amide bonds. The number of nitrogens with zero attached hydrogens (tertiary/aromatic N) is 3. The lowest BCUT2D eigenvalue weighted by Crippen LogP contribution is -2.59. The standard InChI is InChI=1S/C47H54N4O8/c1-47(2,3)59-46(56)49(4)29-42(52)48-39(26-31-20-24-37(25-21-31)58-30-32-18-22-34(23-19-32)45(55)57-6)43(53)51-28-36-14-8-7-13-35(36)27-41(51)44(54)50(5)40-17-11-15-33-12-9-10-16-38(33)40/h7-10,12-14,16,18-25,39-41H,11,15,17,26-30H2,1-6H3,(H,48,52)/t39-,40?,41-/m0/s1. The third kappa shape index (κ3) is 10.7. The van der Waals surface area contributed by atoms with E-state index in [1.165, 1.54) is 19.7 Å². The van der Waals surface area contributed by atoms with Gasteiger partial charge in [-0.2, -0.15) is 0 Å². The average Bonchev–Trinajstić information content (AvgIpc) is 3.23. The lowest BCUT2D eigenvalue weighted by molar-refractivity contribution is -0.149. The molecule has 1 aliphatic heterocycles. The maximum Gasteiger partial charge on any atom is 0.410 e. The van der Waals surface area contributed by atoms with Crippen LogP contribution in [0, 0.1) is 0 Å². The molecule has 310 valence electrons. The molecule has 0 spiro atoms. The van der Waals surface area contributed by atoms with E-state index in [-0.39, 0.29) is 38.1 Å². The molecule has 3 atom stereocenters. The van der Waals surface area contributed by atoms with Crippen molar-refractivity contribution in [1.29, 1.82) is 0 Å². The molecule has 0 bridgehead atoms. The Balaban J connectivity index is 1.24. The maximum absolute atomic E-state index is 15.0. The number of methoxy groups -OCH3 is 1. The Morgan fingerprint density at radius 1 is 0.831 bits per heavy atom. The van der Waals surface area contributed by atoms with Gasteiger partial charge in [0.2, 0.25) is 17.7 Å². The smallest absolute Gasteiger partial charge is 0.410 e. The maximum atomic E-state index is 15.0. The second kappa shape index (κ2) is 18.6. The number of aryl methyl sites for hydroxylation is 1. The summed E-state index contributed by atoms with van der Waals surface area (Å²) < 4.78 is 16.2. The van der Waals surface area contributed by atoms with Crippen molar-refractivity contribution in [2.24, 2.45) is 0 Å². The molecule has 59 heavy (non-hydrogen) atoms. The van der Waals surface area contributed by atoms with Gasteiger partial charge in [-0.25, -0.2) is 9.59 Å². The molecule has 2 aliphatic rings. The Kier molecular flexibility index (Phi) is 13.4. The zero-order valence-corrected chi connectivity index (χ0v) is 34.7. The van der Waals surface area contributed by atoms with Crippen LogP contribution < -0.4 is 10.1 Å². The minimum atomic E-state index is -1.07. The number of hydrogen-bond acceptors (Lipinski definition) is 8. The van der Waals surface area contributed by atoms with Gasteiger partial charge in [-0.3, -0.25) is 14.4 Å². The van der Waals surface area contributed by atoms with Gasteiger partial charge in [-0.05, 0) is 97.7 Å². The largest absolute Gasteiger partial charge is 0.489 e. The van der Waals surface area contributed by atoms with Crippen LogP contribution in [0.3, 0.4) is 0 Å². The summed E-state index contributed by atoms with van der Waals surface area (Å²) in [6.07, 6.45) is 2.51. The minimum Gasteiger partial charge on any atom is -0.489 e. The van der Waals surface area contributed by atoms with Gasteiger partial charge >= 0.3 is 12.1 Å². The molecule has 0 saturated heterocycles. The normalized spacial score (nSPS) is 16.4. The van der Waals surface area contributed by atoms with E-state index in [0.29, 0.717) is 17.7 Å². The van der Waals surface area contributed by atoms with Crippen LogP contribution >= 0.6 is 0 Å². The monoisotopic (exact) mass is 802 g/mol. The average molecular weight is 803 g/mol. The second-order valence-corrected chi connectivity index (χ2v) is 16.3. The first-order valence-corrected chi connectivity index (χ1v) is 20.0. The van der Waals surface area contributed by atoms with Gasteiger partial charge in [0.15, 0.2) is 0 Å². The highest BCUT2D eigenvalue weighted by atomic mass is 16.6. The second-order valence-electron chi connectivity index (χ2n) is 16.3. The van der Waals surface area contributed by atoms with E-state index >= 15 is 0 Å². The molecule has 4 aromatic rings. The first kappa shape index (κ1) is 42.4. The third-order valence-electron chi connectivity index (χ3n) is 10.8. The number of benzene rings is 4. The van der Waals surface area contributed by atoms with E-state index in [1.807, 2.05) is 55.6 Å². The first-order chi connectivity index (χ1) is 28.2. The zero-order valence-electron chi connectivity index (χ0n) is 34.7. The number of amides is 4. The molecule has 0 aromatic heterocycles. The molecule has 0 fully saturated rings. The molecular formula is C47H54N4O8. The summed E-state index contributed by atoms with van der Waals surface area (Å²) in [6.45, 7) is 5.33. The van der Waals surface area contributed by atoms with Crippen molar-refractivity contribution in [3.05, 3.63) is 136 Å². The van der Waals surface area contributed by atoms with Gasteiger partial charge in [0.25, 0.3) is 0 Å². The molecule has 1 heterocycles. The molecule has 1 N–H and O–H groups in total. The van der Waals surface area contributed by atoms with Gasteiger partial charge in [-0.1, -0.05) is 72.8 Å². The number of likely N-dealkylation sites (N-methyl/N-ethyl adjacent to an activating group) is 2. The molecule has 1 aliphatic carbocycles. The Labute approximate surface area is 346 Å². The summed E-state index contributed by atoms with van der Waals surface area (Å²) in [5, 5.41) is 2.91. The predicted molar refractivity (Wildman–Crippen MR) is 222 cm³/mol. The van der Waals surface area contributed by atoms with Crippen molar-refractivity contribution < 1.29 is 38.2 Å². The molecule has 4 aromatic carbocycles. The molecule has 6 rings (SSSR count). The number of carbonyl (C=O) groups excluding carboxylic acids is 5. The fourth-order valence-corrected chi connectivity index (χ4v) is 7.73. The number of carbonyl (C=O) groups is 5. The highest BCUT2D eigenvalue weighted by Crippen LogP contribution is 2.35. The van der Waals surface area contributed by atoms with Gasteiger partial charge in [0.05, 0.1) is 18.7 Å². The van der Waals surface area contributed by atoms with Crippen molar-refractivity contribution in [3.8, 4) is 5.75 Å². The molecule has 0 radical (unpaired) electrons. The summed E-state index contributed by atoms with van der Waals surface area (Å²) in [5.41, 5.74) is 5.59. The van der Waals surface area contributed by atoms with Crippen LogP contribution in [0.2, 0.25) is 0 Å². The summed E-state index contributed by atoms with van der Waals surface area (Å²) in [4.78, 5) is 72.4. The summed E-state index contributed by atoms with van der Waals surface area (Å²) in [7, 11) is 4.62. The number of rotatable bonds is 12. The third-order valence-corrected chi connectivity index (χ3v) is 10.8. The van der Waals surface area contributed by atoms with Crippen LogP contribution in [0.4, 0.5) is 4.79 Å². The van der Waals surface area contributed by atoms with Gasteiger partial charge in [0, 0.05) is 33.5 Å². The fourth-order valence-electron chi connectivity index (χ4n) is 7.73. The summed E-state index contributed by atoms with van der Waals surface area (Å²) in [5.74, 6) is -0.945. The Morgan fingerprint density at radius 2 is 1.47 bits per heavy atom. The number of nitrogens with one attached hydrogen (secondary N) is 1. The van der Waals surface area contributed by atoms with Gasteiger partial charge in [-0.15, -0.1) is 0 Å². The van der Waals surface area contributed by atoms with E-state index in [0.717, 1.165) is 52.0 Å². The van der Waals surface area contributed by atoms with Crippen molar-refractivity contribution in [3.63, 3.8) is 0 Å². The number of fused-ring (bicyclic) bond motifs is 2. The lowest BCUT2D eigenvalue weighted by Gasteiger charge is -2.42. The van der Waals surface area contributed by atoms with E-state index in [4.69, 9.17) is 14.2 Å². The molecule has 12 heteroatoms. The quantitative estimate of drug-likeness (QED) is 0.162. The Hall–Kier alpha value is -6.17. The van der Waals surface area contributed by atoms with E-state index < -0.39 is 41.6 Å². The molecule has 1 unspecified atom stereocenters. The lowest BCUT2D eigenvalue weighted by atomic mass is 9.86. The fraction of sp³-hybridized carbons (Fsp3) is 0.383. The number of esters is 1. The first-order valence-electron chi connectivity index (χ1n) is 20.0. The molecule has 12 nitrogen and oxygen atoms in total. The van der Waals surface area contributed by atoms with Crippen LogP contribution in [0.15, 0.2) is 97.1 Å². The van der Waals surface area contributed by atoms with Crippen LogP contribution in [0.25, 0.3) is 0 Å². The van der Waals surface area contributed by atoms with Gasteiger partial charge in [0.1, 0.15) is 36.6 Å². The van der Waals surface area contributed by atoms with E-state index in [1.54, 1.807) is 67.0 Å². The Morgan fingerprint density at radius 3 is 2.15 bits per heavy atom. The van der Waals surface area contributed by atoms with E-state index in [9.17, 15) is 24.0 Å². The topological polar surface area (TPSA) is 135 Å². The SMILES string of the molecule is COC(=O)c1ccc(COc2ccc(C[C@H](NC(=O)CN(C)C(=O)OC(C)(C)C)C(=O)N3Cc4ccccc4C[C@H]3C(=O)N(C)C3CCCc4ccccc43)cc2)cc1. The van der Waals surface area contributed by atoms with Crippen LogP contribution in [0.5, 0.6) is 5.75 Å². The van der Waals surface area contributed by atoms with Crippen molar-refractivity contribution in [2.45, 2.75) is 89.8 Å². The number of hydrogen-bond donors (Lipinski definition) is 1. The Bertz CT molecular complexity index is 2150. The number of ether oxygens (including phenoxy) is 3. The molecule has 0 saturated carbocycles. The van der Waals surface area contributed by atoms with Crippen molar-refractivity contribution in [2.75, 3.05) is 27.7 Å². The zero-order chi connectivity index (χ0) is 42.3. The summed E-state index contributed by atoms with van der Waals surface area (Å²) in [6, 6.07) is 28.2. The summed E-state index contributed by atoms with van der Waals surface area (Å²) >= 11 is 0. The van der Waals surface area contributed by atoms with Crippen molar-refractivity contribution >= 4 is 29.8 Å². The highest BCUT2D eigenvalue weighted by Gasteiger charge is 2.41. The van der Waals surface area contributed by atoms with Crippen LogP contribution in [-0.4, -0.2) is 89.9 Å². The van der Waals surface area contributed by atoms with Crippen molar-refractivity contribution in [1.82, 2.24) is 20.0 Å². The van der Waals surface area contributed by atoms with E-state index in [2.05, 4.69) is 17.4 Å². The molecular weight excluding hydrogens is 749 g/mol. The van der Waals surface area contributed by atoms with Crippen LogP contribution in [0.1, 0.15) is 83.4 Å². The van der Waals surface area contributed by atoms with Gasteiger partial charge < -0.3 is 34.2 Å².